The summed E-state index contributed by atoms with van der Waals surface area (Å²) in [6.07, 6.45) is 5.91. The Bertz CT molecular complexity index is 2410. The number of hydrogen-bond donors (Lipinski definition) is 3. The number of carboxylic acids is 1. The third kappa shape index (κ3) is 9.22. The molecule has 4 aromatic heterocycles. The fourth-order valence-corrected chi connectivity index (χ4v) is 7.78. The number of benzene rings is 1. The second-order valence-electron chi connectivity index (χ2n) is 15.8. The van der Waals surface area contributed by atoms with E-state index in [2.05, 4.69) is 25.7 Å². The highest BCUT2D eigenvalue weighted by Crippen LogP contribution is 2.48. The number of aromatic nitrogens is 5. The molecule has 0 bridgehead atoms. The molecule has 5 heterocycles. The molecule has 1 unspecified atom stereocenters. The van der Waals surface area contributed by atoms with Gasteiger partial charge in [-0.1, -0.05) is 41.4 Å². The summed E-state index contributed by atoms with van der Waals surface area (Å²) in [7, 11) is 3.06. The van der Waals surface area contributed by atoms with Crippen LogP contribution in [0.3, 0.4) is 0 Å². The van der Waals surface area contributed by atoms with Gasteiger partial charge in [-0.2, -0.15) is 0 Å². The fourth-order valence-electron chi connectivity index (χ4n) is 7.13. The molecule has 2 fully saturated rings. The third-order valence-electron chi connectivity index (χ3n) is 10.4. The van der Waals surface area contributed by atoms with Gasteiger partial charge in [0.05, 0.1) is 54.2 Å². The van der Waals surface area contributed by atoms with Gasteiger partial charge in [-0.15, -0.1) is 5.10 Å². The van der Waals surface area contributed by atoms with Crippen LogP contribution < -0.4 is 20.1 Å². The second-order valence-corrected chi connectivity index (χ2v) is 16.6. The minimum absolute atomic E-state index is 0.0439. The summed E-state index contributed by atoms with van der Waals surface area (Å²) in [4.78, 5) is 52.4. The maximum atomic E-state index is 13.3. The zero-order valence-corrected chi connectivity index (χ0v) is 35.0. The van der Waals surface area contributed by atoms with Gasteiger partial charge in [0, 0.05) is 59.2 Å². The predicted octanol–water partition coefficient (Wildman–Crippen LogP) is 7.20. The van der Waals surface area contributed by atoms with Crippen molar-refractivity contribution in [3.63, 3.8) is 0 Å². The first-order valence-electron chi connectivity index (χ1n) is 19.3. The molecule has 1 atom stereocenters. The maximum Gasteiger partial charge on any atom is 0.410 e. The van der Waals surface area contributed by atoms with Crippen molar-refractivity contribution in [2.24, 2.45) is 5.41 Å². The van der Waals surface area contributed by atoms with Gasteiger partial charge in [0.15, 0.2) is 17.2 Å². The molecule has 5 aromatic rings. The summed E-state index contributed by atoms with van der Waals surface area (Å²) in [6.45, 7) is 6.71. The predicted molar refractivity (Wildman–Crippen MR) is 221 cm³/mol. The van der Waals surface area contributed by atoms with Gasteiger partial charge in [0.2, 0.25) is 11.8 Å². The quantitative estimate of drug-likeness (QED) is 0.0903. The Kier molecular flexibility index (Phi) is 12.0. The van der Waals surface area contributed by atoms with Gasteiger partial charge in [-0.25, -0.2) is 19.3 Å². The number of aliphatic carboxylic acids is 1. The highest BCUT2D eigenvalue weighted by molar-refractivity contribution is 6.39. The van der Waals surface area contributed by atoms with Gasteiger partial charge >= 0.3 is 12.1 Å². The van der Waals surface area contributed by atoms with E-state index in [1.165, 1.54) is 7.11 Å². The van der Waals surface area contributed by atoms with E-state index < -0.39 is 23.1 Å². The monoisotopic (exact) mass is 844 g/mol. The number of fused-ring (bicyclic) bond motifs is 1. The molecule has 7 rings (SSSR count). The minimum Gasteiger partial charge on any atom is -0.493 e. The van der Waals surface area contributed by atoms with Crippen LogP contribution in [0.5, 0.6) is 11.6 Å². The van der Waals surface area contributed by atoms with Gasteiger partial charge < -0.3 is 34.9 Å². The Morgan fingerprint density at radius 2 is 1.81 bits per heavy atom. The molecular weight excluding hydrogens is 799 g/mol. The molecule has 15 nitrogen and oxygen atoms in total. The molecule has 1 aromatic carbocycles. The summed E-state index contributed by atoms with van der Waals surface area (Å²) in [5.74, 6) is 0.508. The number of nitrogens with one attached hydrogen (secondary N) is 2. The van der Waals surface area contributed by atoms with E-state index in [4.69, 9.17) is 42.4 Å². The zero-order valence-electron chi connectivity index (χ0n) is 33.5. The van der Waals surface area contributed by atoms with Gasteiger partial charge in [0.1, 0.15) is 5.60 Å². The largest absolute Gasteiger partial charge is 0.493 e. The number of pyridine rings is 3. The summed E-state index contributed by atoms with van der Waals surface area (Å²) in [5, 5.41) is 21.1. The number of rotatable bonds is 15. The molecule has 1 aliphatic carbocycles. The first-order valence-corrected chi connectivity index (χ1v) is 20.1. The van der Waals surface area contributed by atoms with Crippen LogP contribution in [0.15, 0.2) is 54.9 Å². The average molecular weight is 846 g/mol. The first kappa shape index (κ1) is 41.6. The number of carboxylic acid groups (broad SMARTS) is 1. The third-order valence-corrected chi connectivity index (χ3v) is 11.2. The van der Waals surface area contributed by atoms with Crippen LogP contribution in [0.1, 0.15) is 64.3 Å². The van der Waals surface area contributed by atoms with E-state index >= 15 is 0 Å². The van der Waals surface area contributed by atoms with E-state index in [-0.39, 0.29) is 25.0 Å². The lowest BCUT2D eigenvalue weighted by atomic mass is 10.00. The Morgan fingerprint density at radius 1 is 1.05 bits per heavy atom. The molecule has 0 spiro atoms. The van der Waals surface area contributed by atoms with Crippen molar-refractivity contribution in [3.05, 3.63) is 76.3 Å². The van der Waals surface area contributed by atoms with E-state index in [0.717, 1.165) is 0 Å². The lowest BCUT2D eigenvalue weighted by molar-refractivity contribution is -0.143. The lowest BCUT2D eigenvalue weighted by Gasteiger charge is -2.29. The summed E-state index contributed by atoms with van der Waals surface area (Å²) in [5.41, 5.74) is 3.39. The summed E-state index contributed by atoms with van der Waals surface area (Å²) >= 11 is 14.3. The molecule has 2 aliphatic rings. The zero-order chi connectivity index (χ0) is 42.1. The molecule has 310 valence electrons. The second kappa shape index (κ2) is 17.0. The molecule has 1 saturated heterocycles. The van der Waals surface area contributed by atoms with Crippen LogP contribution in [0.2, 0.25) is 10.0 Å². The standard InChI is InChI=1S/C42H46Cl2N8O7/c1-41(2,3)59-40(56)51(23-26-10-12-33(53)47-26)21-24-9-11-30(48-38(24)58-5)29-8-6-7-27(34(29)43)28-13-17-46-36(35(28)44)25-19-31(57-4)37-49-32(50-52(37)22-25)20-45-18-16-42(14-15-42)39(54)55/h6-9,11,13,17,19,22,26,45H,10,12,14-16,18,20-21,23H2,1-5H3,(H,47,53)(H,54,55). The van der Waals surface area contributed by atoms with Crippen molar-refractivity contribution in [3.8, 4) is 45.3 Å². The van der Waals surface area contributed by atoms with E-state index in [9.17, 15) is 19.5 Å². The van der Waals surface area contributed by atoms with Crippen LogP contribution in [-0.2, 0) is 27.4 Å². The Labute approximate surface area is 351 Å². The van der Waals surface area contributed by atoms with E-state index in [1.54, 1.807) is 61.8 Å². The first-order chi connectivity index (χ1) is 28.2. The molecule has 2 amide bonds. The Hall–Kier alpha value is -5.51. The van der Waals surface area contributed by atoms with E-state index in [0.29, 0.717) is 118 Å². The Balaban J connectivity index is 1.13. The van der Waals surface area contributed by atoms with Crippen molar-refractivity contribution in [2.45, 2.75) is 77.6 Å². The van der Waals surface area contributed by atoms with Crippen molar-refractivity contribution < 1.29 is 33.7 Å². The SMILES string of the molecule is COc1nc(-c2cccc(-c3ccnc(-c4cc(OC)c5nc(CNCCC6(C(=O)O)CC6)nn5c4)c3Cl)c2Cl)ccc1CN(CC1CCC(=O)N1)C(=O)OC(C)(C)C. The van der Waals surface area contributed by atoms with Crippen LogP contribution in [-0.4, -0.2) is 91.5 Å². The van der Waals surface area contributed by atoms with Crippen LogP contribution in [0, 0.1) is 5.41 Å². The molecule has 17 heteroatoms. The number of hydrogen-bond acceptors (Lipinski definition) is 11. The molecule has 59 heavy (non-hydrogen) atoms. The number of halogens is 2. The molecular formula is C42H46Cl2N8O7. The van der Waals surface area contributed by atoms with Crippen LogP contribution in [0.4, 0.5) is 4.79 Å². The lowest BCUT2D eigenvalue weighted by Crippen LogP contribution is -2.43. The number of carbonyl (C=O) groups excluding carboxylic acids is 2. The number of methoxy groups -OCH3 is 2. The smallest absolute Gasteiger partial charge is 0.410 e. The highest BCUT2D eigenvalue weighted by atomic mass is 35.5. The van der Waals surface area contributed by atoms with Crippen molar-refractivity contribution in [2.75, 3.05) is 27.3 Å². The normalized spacial score (nSPS) is 15.8. The summed E-state index contributed by atoms with van der Waals surface area (Å²) in [6, 6.07) is 12.6. The highest BCUT2D eigenvalue weighted by Gasteiger charge is 2.49. The van der Waals surface area contributed by atoms with Crippen LogP contribution >= 0.6 is 23.2 Å². The van der Waals surface area contributed by atoms with E-state index in [1.807, 2.05) is 30.3 Å². The number of carbonyl (C=O) groups is 3. The van der Waals surface area contributed by atoms with Crippen LogP contribution in [0.25, 0.3) is 39.3 Å². The fraction of sp³-hybridized carbons (Fsp3) is 0.405. The number of nitrogens with zero attached hydrogens (tertiary/aromatic N) is 6. The summed E-state index contributed by atoms with van der Waals surface area (Å²) < 4.78 is 18.8. The van der Waals surface area contributed by atoms with Crippen molar-refractivity contribution >= 4 is 46.8 Å². The van der Waals surface area contributed by atoms with Gasteiger partial charge in [0.25, 0.3) is 0 Å². The molecule has 1 aliphatic heterocycles. The molecule has 1 saturated carbocycles. The average Bonchev–Trinajstić information content (AvgIpc) is 3.71. The van der Waals surface area contributed by atoms with Crippen molar-refractivity contribution in [1.82, 2.24) is 40.1 Å². The topological polar surface area (TPSA) is 182 Å². The van der Waals surface area contributed by atoms with Crippen molar-refractivity contribution in [1.29, 1.82) is 0 Å². The minimum atomic E-state index is -0.743. The maximum absolute atomic E-state index is 13.3. The molecule has 3 N–H and O–H groups in total. The number of ether oxygens (including phenoxy) is 3. The Morgan fingerprint density at radius 3 is 2.49 bits per heavy atom. The molecule has 0 radical (unpaired) electrons. The van der Waals surface area contributed by atoms with Gasteiger partial charge in [-0.3, -0.25) is 14.6 Å². The number of amides is 2. The van der Waals surface area contributed by atoms with Gasteiger partial charge in [-0.05, 0) is 77.3 Å².